The normalized spacial score (nSPS) is 20.3. The van der Waals surface area contributed by atoms with Crippen LogP contribution in [0.25, 0.3) is 0 Å². The molecule has 0 saturated carbocycles. The van der Waals surface area contributed by atoms with Crippen LogP contribution in [0.1, 0.15) is 39.2 Å². The van der Waals surface area contributed by atoms with E-state index in [-0.39, 0.29) is 11.6 Å². The summed E-state index contributed by atoms with van der Waals surface area (Å²) in [6.07, 6.45) is 6.82. The summed E-state index contributed by atoms with van der Waals surface area (Å²) in [6.45, 7) is 6.12. The molecule has 0 aromatic carbocycles. The van der Waals surface area contributed by atoms with Crippen molar-refractivity contribution in [3.05, 3.63) is 22.7 Å². The van der Waals surface area contributed by atoms with Crippen LogP contribution in [0, 0.1) is 0 Å². The van der Waals surface area contributed by atoms with Crippen molar-refractivity contribution < 1.29 is 0 Å². The topological polar surface area (TPSA) is 50.2 Å². The quantitative estimate of drug-likeness (QED) is 0.896. The summed E-state index contributed by atoms with van der Waals surface area (Å²) in [6, 6.07) is 0.566. The first-order valence-electron chi connectivity index (χ1n) is 7.12. The van der Waals surface area contributed by atoms with Gasteiger partial charge < -0.3 is 14.8 Å². The molecule has 1 aromatic rings. The van der Waals surface area contributed by atoms with E-state index in [9.17, 15) is 4.79 Å². The van der Waals surface area contributed by atoms with Gasteiger partial charge in [-0.3, -0.25) is 4.79 Å². The zero-order valence-electron chi connectivity index (χ0n) is 12.1. The minimum atomic E-state index is 0.0113. The molecule has 0 aliphatic carbocycles. The predicted molar refractivity (Wildman–Crippen MR) is 77.8 cm³/mol. The first kappa shape index (κ1) is 14.1. The van der Waals surface area contributed by atoms with Crippen LogP contribution in [0.3, 0.4) is 0 Å². The third kappa shape index (κ3) is 3.15. The lowest BCUT2D eigenvalue weighted by Crippen LogP contribution is -2.38. The molecule has 1 fully saturated rings. The van der Waals surface area contributed by atoms with E-state index in [4.69, 9.17) is 0 Å². The molecule has 1 aromatic heterocycles. The Morgan fingerprint density at radius 1 is 1.42 bits per heavy atom. The molecule has 1 saturated heterocycles. The van der Waals surface area contributed by atoms with E-state index in [1.54, 1.807) is 17.0 Å². The van der Waals surface area contributed by atoms with E-state index >= 15 is 0 Å². The van der Waals surface area contributed by atoms with Gasteiger partial charge in [-0.05, 0) is 46.2 Å². The van der Waals surface area contributed by atoms with Gasteiger partial charge in [0.15, 0.2) is 5.82 Å². The second-order valence-electron chi connectivity index (χ2n) is 5.50. The summed E-state index contributed by atoms with van der Waals surface area (Å²) in [5.41, 5.74) is 0.0113. The SMILES string of the molecule is CC(C)n1ccnc(N(C)C2CCCNCC2)c1=O. The second-order valence-corrected chi connectivity index (χ2v) is 5.50. The highest BCUT2D eigenvalue weighted by Gasteiger charge is 2.21. The van der Waals surface area contributed by atoms with Crippen LogP contribution in [-0.4, -0.2) is 35.7 Å². The van der Waals surface area contributed by atoms with Gasteiger partial charge in [0.1, 0.15) is 0 Å². The van der Waals surface area contributed by atoms with E-state index in [1.165, 1.54) is 0 Å². The number of anilines is 1. The van der Waals surface area contributed by atoms with Gasteiger partial charge in [-0.2, -0.15) is 0 Å². The standard InChI is InChI=1S/C14H24N4O/c1-11(2)18-10-9-16-13(14(18)19)17(3)12-5-4-7-15-8-6-12/h9-12,15H,4-8H2,1-3H3. The molecule has 1 unspecified atom stereocenters. The molecule has 2 rings (SSSR count). The summed E-state index contributed by atoms with van der Waals surface area (Å²) in [5.74, 6) is 0.572. The van der Waals surface area contributed by atoms with E-state index in [1.807, 2.05) is 20.9 Å². The molecular formula is C14H24N4O. The van der Waals surface area contributed by atoms with Crippen LogP contribution in [0.5, 0.6) is 0 Å². The fourth-order valence-electron chi connectivity index (χ4n) is 2.62. The summed E-state index contributed by atoms with van der Waals surface area (Å²) in [4.78, 5) is 18.8. The van der Waals surface area contributed by atoms with E-state index in [0.717, 1.165) is 32.4 Å². The third-order valence-corrected chi connectivity index (χ3v) is 3.83. The van der Waals surface area contributed by atoms with E-state index in [0.29, 0.717) is 11.9 Å². The lowest BCUT2D eigenvalue weighted by molar-refractivity contribution is 0.542. The third-order valence-electron chi connectivity index (χ3n) is 3.83. The van der Waals surface area contributed by atoms with Gasteiger partial charge in [0.25, 0.3) is 5.56 Å². The van der Waals surface area contributed by atoms with Crippen molar-refractivity contribution >= 4 is 5.82 Å². The Hall–Kier alpha value is -1.36. The van der Waals surface area contributed by atoms with Gasteiger partial charge in [0.05, 0.1) is 0 Å². The molecule has 1 atom stereocenters. The first-order valence-corrected chi connectivity index (χ1v) is 7.12. The highest BCUT2D eigenvalue weighted by Crippen LogP contribution is 2.16. The van der Waals surface area contributed by atoms with Crippen molar-refractivity contribution in [2.24, 2.45) is 0 Å². The molecule has 0 radical (unpaired) electrons. The first-order chi connectivity index (χ1) is 9.11. The number of nitrogens with one attached hydrogen (secondary N) is 1. The Morgan fingerprint density at radius 2 is 2.21 bits per heavy atom. The summed E-state index contributed by atoms with van der Waals surface area (Å²) < 4.78 is 1.74. The molecule has 106 valence electrons. The maximum absolute atomic E-state index is 12.4. The van der Waals surface area contributed by atoms with Crippen molar-refractivity contribution in [1.29, 1.82) is 0 Å². The summed E-state index contributed by atoms with van der Waals surface area (Å²) in [5, 5.41) is 3.40. The highest BCUT2D eigenvalue weighted by atomic mass is 16.1. The smallest absolute Gasteiger partial charge is 0.293 e. The van der Waals surface area contributed by atoms with Crippen LogP contribution in [0.4, 0.5) is 5.82 Å². The number of hydrogen-bond donors (Lipinski definition) is 1. The number of hydrogen-bond acceptors (Lipinski definition) is 4. The van der Waals surface area contributed by atoms with Crippen molar-refractivity contribution in [1.82, 2.24) is 14.9 Å². The van der Waals surface area contributed by atoms with Crippen molar-refractivity contribution in [3.63, 3.8) is 0 Å². The van der Waals surface area contributed by atoms with Gasteiger partial charge in [-0.1, -0.05) is 0 Å². The average Bonchev–Trinajstić information content (AvgIpc) is 2.66. The largest absolute Gasteiger partial charge is 0.352 e. The molecule has 0 amide bonds. The van der Waals surface area contributed by atoms with Crippen LogP contribution >= 0.6 is 0 Å². The molecule has 1 aliphatic heterocycles. The lowest BCUT2D eigenvalue weighted by atomic mass is 10.1. The van der Waals surface area contributed by atoms with Crippen LogP contribution in [0.2, 0.25) is 0 Å². The predicted octanol–water partition coefficient (Wildman–Crippen LogP) is 1.40. The molecule has 2 heterocycles. The average molecular weight is 264 g/mol. The Kier molecular flexibility index (Phi) is 4.58. The van der Waals surface area contributed by atoms with Crippen LogP contribution in [0.15, 0.2) is 17.2 Å². The fourth-order valence-corrected chi connectivity index (χ4v) is 2.62. The van der Waals surface area contributed by atoms with Gasteiger partial charge >= 0.3 is 0 Å². The lowest BCUT2D eigenvalue weighted by Gasteiger charge is -2.28. The van der Waals surface area contributed by atoms with Gasteiger partial charge in [0.2, 0.25) is 0 Å². The van der Waals surface area contributed by atoms with Crippen molar-refractivity contribution in [3.8, 4) is 0 Å². The maximum Gasteiger partial charge on any atom is 0.293 e. The molecule has 0 bridgehead atoms. The van der Waals surface area contributed by atoms with Gasteiger partial charge in [-0.15, -0.1) is 0 Å². The Labute approximate surface area is 114 Å². The monoisotopic (exact) mass is 264 g/mol. The number of rotatable bonds is 3. The second kappa shape index (κ2) is 6.19. The van der Waals surface area contributed by atoms with Gasteiger partial charge in [-0.25, -0.2) is 4.98 Å². The molecule has 1 N–H and O–H groups in total. The number of aromatic nitrogens is 2. The molecule has 5 nitrogen and oxygen atoms in total. The molecule has 5 heteroatoms. The zero-order chi connectivity index (χ0) is 13.8. The maximum atomic E-state index is 12.4. The zero-order valence-corrected chi connectivity index (χ0v) is 12.1. The minimum Gasteiger partial charge on any atom is -0.352 e. The number of nitrogens with zero attached hydrogens (tertiary/aromatic N) is 3. The molecule has 19 heavy (non-hydrogen) atoms. The Morgan fingerprint density at radius 3 is 2.95 bits per heavy atom. The van der Waals surface area contributed by atoms with Crippen LogP contribution in [-0.2, 0) is 0 Å². The molecular weight excluding hydrogens is 240 g/mol. The Bertz CT molecular complexity index is 461. The van der Waals surface area contributed by atoms with E-state index in [2.05, 4.69) is 15.2 Å². The van der Waals surface area contributed by atoms with E-state index < -0.39 is 0 Å². The highest BCUT2D eigenvalue weighted by molar-refractivity contribution is 5.36. The Balaban J connectivity index is 2.25. The summed E-state index contributed by atoms with van der Waals surface area (Å²) >= 11 is 0. The van der Waals surface area contributed by atoms with Crippen molar-refractivity contribution in [2.45, 2.75) is 45.2 Å². The van der Waals surface area contributed by atoms with Crippen LogP contribution < -0.4 is 15.8 Å². The summed E-state index contributed by atoms with van der Waals surface area (Å²) in [7, 11) is 1.99. The molecule has 0 spiro atoms. The minimum absolute atomic E-state index is 0.0113. The van der Waals surface area contributed by atoms with Gasteiger partial charge in [0, 0.05) is 31.5 Å². The fraction of sp³-hybridized carbons (Fsp3) is 0.714. The molecule has 1 aliphatic rings. The van der Waals surface area contributed by atoms with Crippen molar-refractivity contribution in [2.75, 3.05) is 25.0 Å².